The number of hydrogen-bond donors (Lipinski definition) is 0. The zero-order valence-electron chi connectivity index (χ0n) is 28.3. The van der Waals surface area contributed by atoms with Crippen LogP contribution >= 0.6 is 7.82 Å². The van der Waals surface area contributed by atoms with Crippen molar-refractivity contribution in [3.63, 3.8) is 0 Å². The van der Waals surface area contributed by atoms with Gasteiger partial charge in [-0.3, -0.25) is 9.59 Å². The SMILES string of the molecule is COc1ccc(C(=O)CCc2ccc(OP(=O)([O-])Oc3ccc(CCC(=O)c4ccc(OC)cc4OC)c(C)c3)cc2C)c(OC)c1.[Na+]. The first-order valence-corrected chi connectivity index (χ1v) is 16.3. The molecule has 4 aromatic carbocycles. The molecule has 0 aliphatic carbocycles. The van der Waals surface area contributed by atoms with Crippen molar-refractivity contribution in [2.75, 3.05) is 28.4 Å². The van der Waals surface area contributed by atoms with Gasteiger partial charge in [-0.1, -0.05) is 12.1 Å². The summed E-state index contributed by atoms with van der Waals surface area (Å²) in [7, 11) is 1.29. The summed E-state index contributed by atoms with van der Waals surface area (Å²) in [5.74, 6) is 2.06. The fourth-order valence-corrected chi connectivity index (χ4v) is 5.89. The van der Waals surface area contributed by atoms with Crippen LogP contribution in [0.3, 0.4) is 0 Å². The number of rotatable bonds is 16. The molecule has 0 aromatic heterocycles. The number of ether oxygens (including phenoxy) is 4. The molecule has 0 bridgehead atoms. The first-order valence-electron chi connectivity index (χ1n) is 14.9. The summed E-state index contributed by atoms with van der Waals surface area (Å²) in [5, 5.41) is 0. The molecule has 0 saturated heterocycles. The van der Waals surface area contributed by atoms with E-state index in [1.807, 2.05) is 13.8 Å². The molecule has 0 fully saturated rings. The van der Waals surface area contributed by atoms with Crippen LogP contribution in [-0.4, -0.2) is 40.0 Å². The molecular formula is C36H38NaO10P. The minimum absolute atomic E-state index is 0. The molecule has 0 spiro atoms. The van der Waals surface area contributed by atoms with Gasteiger partial charge in [0.25, 0.3) is 0 Å². The van der Waals surface area contributed by atoms with E-state index in [1.54, 1.807) is 74.9 Å². The molecule has 0 atom stereocenters. The summed E-state index contributed by atoms with van der Waals surface area (Å²) in [5.41, 5.74) is 4.19. The van der Waals surface area contributed by atoms with Gasteiger partial charge in [-0.2, -0.15) is 0 Å². The summed E-state index contributed by atoms with van der Waals surface area (Å²) in [6.07, 6.45) is 1.34. The summed E-state index contributed by atoms with van der Waals surface area (Å²) >= 11 is 0. The summed E-state index contributed by atoms with van der Waals surface area (Å²) in [4.78, 5) is 38.5. The van der Waals surface area contributed by atoms with Crippen LogP contribution in [0.25, 0.3) is 0 Å². The Morgan fingerprint density at radius 1 is 0.583 bits per heavy atom. The fourth-order valence-electron chi connectivity index (χ4n) is 5.11. The number of methoxy groups -OCH3 is 4. The van der Waals surface area contributed by atoms with Crippen LogP contribution in [0.4, 0.5) is 0 Å². The Balaban J connectivity index is 0.00000625. The number of aryl methyl sites for hydroxylation is 4. The summed E-state index contributed by atoms with van der Waals surface area (Å²) in [6, 6.07) is 19.8. The molecule has 4 aromatic rings. The van der Waals surface area contributed by atoms with E-state index in [0.717, 1.165) is 22.3 Å². The summed E-state index contributed by atoms with van der Waals surface area (Å²) in [6.45, 7) is 3.63. The molecule has 0 heterocycles. The van der Waals surface area contributed by atoms with E-state index in [4.69, 9.17) is 28.0 Å². The standard InChI is InChI=1S/C36H39O10P.Na/c1-23-19-29(11-7-25(23)9-17-33(37)31-15-13-27(41-3)21-35(31)43-5)45-47(39,40)46-30-12-8-26(24(2)20-30)10-18-34(38)32-16-14-28(42-4)22-36(32)44-6;/h7-8,11-16,19-22H,9-10,17-18H2,1-6H3,(H,39,40);/q;+1/p-1. The van der Waals surface area contributed by atoms with Crippen molar-refractivity contribution >= 4 is 19.4 Å². The largest absolute Gasteiger partial charge is 1.00 e. The third-order valence-electron chi connectivity index (χ3n) is 7.72. The maximum absolute atomic E-state index is 12.9. The van der Waals surface area contributed by atoms with Crippen molar-refractivity contribution in [2.45, 2.75) is 39.5 Å². The third-order valence-corrected chi connectivity index (χ3v) is 8.59. The Morgan fingerprint density at radius 3 is 1.29 bits per heavy atom. The number of carbonyl (C=O) groups excluding carboxylic acids is 2. The minimum Gasteiger partial charge on any atom is -0.736 e. The Kier molecular flexibility index (Phi) is 14.1. The van der Waals surface area contributed by atoms with Crippen LogP contribution in [0.2, 0.25) is 0 Å². The van der Waals surface area contributed by atoms with Gasteiger partial charge in [-0.15, -0.1) is 0 Å². The van der Waals surface area contributed by atoms with E-state index in [-0.39, 0.29) is 65.5 Å². The van der Waals surface area contributed by atoms with Crippen molar-refractivity contribution in [2.24, 2.45) is 0 Å². The van der Waals surface area contributed by atoms with Gasteiger partial charge < -0.3 is 32.9 Å². The van der Waals surface area contributed by atoms with E-state index >= 15 is 0 Å². The van der Waals surface area contributed by atoms with Gasteiger partial charge in [-0.25, -0.2) is 4.57 Å². The molecule has 12 heteroatoms. The Morgan fingerprint density at radius 2 is 0.958 bits per heavy atom. The number of benzene rings is 4. The Labute approximate surface area is 303 Å². The zero-order chi connectivity index (χ0) is 34.1. The smallest absolute Gasteiger partial charge is 0.736 e. The van der Waals surface area contributed by atoms with E-state index in [0.29, 0.717) is 47.0 Å². The average molecular weight is 685 g/mol. The van der Waals surface area contributed by atoms with Gasteiger partial charge in [0.2, 0.25) is 0 Å². The first kappa shape index (κ1) is 38.7. The predicted octanol–water partition coefficient (Wildman–Crippen LogP) is 3.90. The number of hydrogen-bond acceptors (Lipinski definition) is 10. The molecule has 48 heavy (non-hydrogen) atoms. The van der Waals surface area contributed by atoms with Gasteiger partial charge >= 0.3 is 37.4 Å². The fraction of sp³-hybridized carbons (Fsp3) is 0.278. The van der Waals surface area contributed by atoms with E-state index in [1.165, 1.54) is 26.4 Å². The van der Waals surface area contributed by atoms with Crippen molar-refractivity contribution in [3.8, 4) is 34.5 Å². The van der Waals surface area contributed by atoms with Crippen LogP contribution in [0.1, 0.15) is 55.8 Å². The van der Waals surface area contributed by atoms with Gasteiger partial charge in [0.05, 0.1) is 39.6 Å². The second kappa shape index (κ2) is 17.6. The second-order valence-corrected chi connectivity index (χ2v) is 12.0. The van der Waals surface area contributed by atoms with E-state index in [2.05, 4.69) is 0 Å². The molecule has 0 amide bonds. The number of Topliss-reactive ketones (excluding diaryl/α,β-unsaturated/α-hetero) is 2. The number of phosphoric acid groups is 1. The monoisotopic (exact) mass is 684 g/mol. The van der Waals surface area contributed by atoms with Crippen LogP contribution in [-0.2, 0) is 17.4 Å². The van der Waals surface area contributed by atoms with Crippen molar-refractivity contribution in [1.82, 2.24) is 0 Å². The van der Waals surface area contributed by atoms with Gasteiger partial charge in [0.15, 0.2) is 11.6 Å². The summed E-state index contributed by atoms with van der Waals surface area (Å²) < 4.78 is 44.3. The van der Waals surface area contributed by atoms with Gasteiger partial charge in [0.1, 0.15) is 34.5 Å². The van der Waals surface area contributed by atoms with Crippen molar-refractivity contribution in [1.29, 1.82) is 0 Å². The average Bonchev–Trinajstić information content (AvgIpc) is 3.06. The van der Waals surface area contributed by atoms with Crippen molar-refractivity contribution in [3.05, 3.63) is 106 Å². The van der Waals surface area contributed by atoms with Crippen LogP contribution in [0.15, 0.2) is 72.8 Å². The molecule has 0 N–H and O–H groups in total. The minimum atomic E-state index is -4.79. The van der Waals surface area contributed by atoms with E-state index in [9.17, 15) is 19.0 Å². The molecule has 248 valence electrons. The molecule has 0 unspecified atom stereocenters. The Hall–Kier alpha value is -3.79. The third kappa shape index (κ3) is 10.1. The quantitative estimate of drug-likeness (QED) is 0.0974. The number of ketones is 2. The molecule has 4 rings (SSSR count). The molecule has 10 nitrogen and oxygen atoms in total. The molecule has 0 aliphatic rings. The van der Waals surface area contributed by atoms with E-state index < -0.39 is 7.82 Å². The maximum Gasteiger partial charge on any atom is 1.00 e. The Bertz CT molecular complexity index is 1680. The topological polar surface area (TPSA) is 130 Å². The normalized spacial score (nSPS) is 10.8. The first-order chi connectivity index (χ1) is 22.5. The number of carbonyl (C=O) groups is 2. The maximum atomic E-state index is 12.9. The van der Waals surface area contributed by atoms with Crippen LogP contribution in [0.5, 0.6) is 34.5 Å². The second-order valence-electron chi connectivity index (χ2n) is 10.8. The van der Waals surface area contributed by atoms with Crippen LogP contribution < -0.4 is 62.4 Å². The van der Waals surface area contributed by atoms with Gasteiger partial charge in [0, 0.05) is 25.0 Å². The molecular weight excluding hydrogens is 646 g/mol. The molecule has 0 saturated carbocycles. The van der Waals surface area contributed by atoms with Crippen molar-refractivity contribution < 1.29 is 76.6 Å². The number of phosphoric ester groups is 1. The van der Waals surface area contributed by atoms with Gasteiger partial charge in [-0.05, 0) is 97.5 Å². The van der Waals surface area contributed by atoms with Crippen LogP contribution in [0, 0.1) is 13.8 Å². The molecule has 0 aliphatic heterocycles. The predicted molar refractivity (Wildman–Crippen MR) is 176 cm³/mol. The zero-order valence-corrected chi connectivity index (χ0v) is 31.2. The molecule has 0 radical (unpaired) electrons.